The lowest BCUT2D eigenvalue weighted by Gasteiger charge is -2.19. The number of nitriles is 1. The molecule has 1 rings (SSSR count). The zero-order chi connectivity index (χ0) is 13.4. The van der Waals surface area contributed by atoms with Gasteiger partial charge in [0, 0.05) is 5.56 Å². The second kappa shape index (κ2) is 7.00. The van der Waals surface area contributed by atoms with Crippen molar-refractivity contribution in [1.82, 2.24) is 0 Å². The van der Waals surface area contributed by atoms with Crippen molar-refractivity contribution in [3.63, 3.8) is 0 Å². The topological polar surface area (TPSA) is 79.3 Å². The van der Waals surface area contributed by atoms with E-state index in [4.69, 9.17) is 20.8 Å². The van der Waals surface area contributed by atoms with Gasteiger partial charge in [-0.05, 0) is 25.3 Å². The normalized spacial score (nSPS) is 13.7. The molecule has 1 unspecified atom stereocenters. The van der Waals surface area contributed by atoms with Crippen molar-refractivity contribution in [1.29, 1.82) is 5.26 Å². The summed E-state index contributed by atoms with van der Waals surface area (Å²) in [6.07, 6.45) is 1.97. The van der Waals surface area contributed by atoms with E-state index in [1.165, 1.54) is 0 Å². The molecule has 18 heavy (non-hydrogen) atoms. The fourth-order valence-corrected chi connectivity index (χ4v) is 1.66. The van der Waals surface area contributed by atoms with E-state index < -0.39 is 5.54 Å². The van der Waals surface area contributed by atoms with Gasteiger partial charge in [-0.1, -0.05) is 25.1 Å². The van der Waals surface area contributed by atoms with Crippen LogP contribution in [0.1, 0.15) is 31.7 Å². The monoisotopic (exact) mass is 248 g/mol. The van der Waals surface area contributed by atoms with Crippen LogP contribution in [0.4, 0.5) is 0 Å². The molecule has 0 aliphatic rings. The Morgan fingerprint density at radius 2 is 2.17 bits per heavy atom. The molecule has 0 aromatic heterocycles. The van der Waals surface area contributed by atoms with Gasteiger partial charge in [-0.2, -0.15) is 5.26 Å². The van der Waals surface area contributed by atoms with Crippen LogP contribution in [0.3, 0.4) is 0 Å². The van der Waals surface area contributed by atoms with Crippen molar-refractivity contribution in [2.24, 2.45) is 5.73 Å². The molecular formula is C14H20N2O2. The molecule has 0 radical (unpaired) electrons. The van der Waals surface area contributed by atoms with Crippen molar-refractivity contribution >= 4 is 0 Å². The summed E-state index contributed by atoms with van der Waals surface area (Å²) in [4.78, 5) is 0. The molecule has 0 aliphatic heterocycles. The molecule has 4 nitrogen and oxygen atoms in total. The number of benzene rings is 1. The summed E-state index contributed by atoms with van der Waals surface area (Å²) in [5.41, 5.74) is 5.90. The summed E-state index contributed by atoms with van der Waals surface area (Å²) in [5.74, 6) is 0.691. The van der Waals surface area contributed by atoms with Crippen LogP contribution in [0.15, 0.2) is 24.3 Å². The highest BCUT2D eigenvalue weighted by Crippen LogP contribution is 2.19. The molecule has 0 heterocycles. The van der Waals surface area contributed by atoms with Crippen LogP contribution < -0.4 is 10.5 Å². The Morgan fingerprint density at radius 1 is 1.44 bits per heavy atom. The van der Waals surface area contributed by atoms with Gasteiger partial charge in [0.1, 0.15) is 11.3 Å². The molecule has 0 aliphatic carbocycles. The third-order valence-corrected chi connectivity index (χ3v) is 3.02. The number of nitrogens with zero attached hydrogens (tertiary/aromatic N) is 1. The zero-order valence-corrected chi connectivity index (χ0v) is 10.7. The Kier molecular flexibility index (Phi) is 5.63. The molecular weight excluding hydrogens is 228 g/mol. The number of ether oxygens (including phenoxy) is 1. The van der Waals surface area contributed by atoms with Crippen molar-refractivity contribution < 1.29 is 9.84 Å². The fraction of sp³-hybridized carbons (Fsp3) is 0.500. The van der Waals surface area contributed by atoms with Crippen LogP contribution in [0.25, 0.3) is 0 Å². The fourth-order valence-electron chi connectivity index (χ4n) is 1.66. The Hall–Kier alpha value is -1.57. The summed E-state index contributed by atoms with van der Waals surface area (Å²) >= 11 is 0. The maximum atomic E-state index is 9.14. The lowest BCUT2D eigenvalue weighted by Crippen LogP contribution is -2.37. The number of hydrogen-bond donors (Lipinski definition) is 2. The minimum Gasteiger partial charge on any atom is -0.493 e. The van der Waals surface area contributed by atoms with E-state index in [2.05, 4.69) is 6.07 Å². The molecule has 0 saturated carbocycles. The summed E-state index contributed by atoms with van der Waals surface area (Å²) in [7, 11) is 0. The highest BCUT2D eigenvalue weighted by atomic mass is 16.5. The molecule has 1 atom stereocenters. The molecule has 0 bridgehead atoms. The van der Waals surface area contributed by atoms with Gasteiger partial charge < -0.3 is 15.6 Å². The van der Waals surface area contributed by atoms with Crippen LogP contribution in [0, 0.1) is 11.3 Å². The SMILES string of the molecule is CCC(N)(C#N)CCCOc1ccccc1CO. The van der Waals surface area contributed by atoms with E-state index in [-0.39, 0.29) is 6.61 Å². The molecule has 0 fully saturated rings. The first kappa shape index (κ1) is 14.5. The van der Waals surface area contributed by atoms with Crippen molar-refractivity contribution in [2.75, 3.05) is 6.61 Å². The van der Waals surface area contributed by atoms with Gasteiger partial charge in [0.25, 0.3) is 0 Å². The van der Waals surface area contributed by atoms with E-state index in [0.29, 0.717) is 25.2 Å². The third kappa shape index (κ3) is 4.02. The van der Waals surface area contributed by atoms with Gasteiger partial charge >= 0.3 is 0 Å². The maximum Gasteiger partial charge on any atom is 0.124 e. The number of nitrogens with two attached hydrogens (primary N) is 1. The van der Waals surface area contributed by atoms with Crippen molar-refractivity contribution in [3.05, 3.63) is 29.8 Å². The van der Waals surface area contributed by atoms with Gasteiger partial charge in [-0.3, -0.25) is 0 Å². The van der Waals surface area contributed by atoms with E-state index in [9.17, 15) is 0 Å². The first-order valence-electron chi connectivity index (χ1n) is 6.17. The first-order chi connectivity index (χ1) is 8.65. The van der Waals surface area contributed by atoms with Crippen molar-refractivity contribution in [2.45, 2.75) is 38.3 Å². The van der Waals surface area contributed by atoms with Gasteiger partial charge in [0.05, 0.1) is 19.3 Å². The lowest BCUT2D eigenvalue weighted by molar-refractivity contribution is 0.256. The highest BCUT2D eigenvalue weighted by molar-refractivity contribution is 5.32. The average molecular weight is 248 g/mol. The molecule has 1 aromatic carbocycles. The summed E-state index contributed by atoms with van der Waals surface area (Å²) in [5, 5.41) is 18.1. The highest BCUT2D eigenvalue weighted by Gasteiger charge is 2.21. The second-order valence-corrected chi connectivity index (χ2v) is 4.34. The molecule has 0 saturated heterocycles. The molecule has 98 valence electrons. The number of aliphatic hydroxyl groups excluding tert-OH is 1. The summed E-state index contributed by atoms with van der Waals surface area (Å²) in [6, 6.07) is 9.50. The number of para-hydroxylation sites is 1. The molecule has 3 N–H and O–H groups in total. The van der Waals surface area contributed by atoms with E-state index in [1.807, 2.05) is 31.2 Å². The zero-order valence-electron chi connectivity index (χ0n) is 10.7. The number of rotatable bonds is 7. The average Bonchev–Trinajstić information content (AvgIpc) is 2.43. The smallest absolute Gasteiger partial charge is 0.124 e. The Balaban J connectivity index is 2.41. The Labute approximate surface area is 108 Å². The third-order valence-electron chi connectivity index (χ3n) is 3.02. The number of hydrogen-bond acceptors (Lipinski definition) is 4. The lowest BCUT2D eigenvalue weighted by atomic mass is 9.94. The molecule has 4 heteroatoms. The molecule has 1 aromatic rings. The minimum atomic E-state index is -0.750. The summed E-state index contributed by atoms with van der Waals surface area (Å²) in [6.45, 7) is 2.37. The van der Waals surface area contributed by atoms with E-state index in [0.717, 1.165) is 12.0 Å². The Morgan fingerprint density at radius 3 is 2.78 bits per heavy atom. The van der Waals surface area contributed by atoms with Crippen LogP contribution in [0.5, 0.6) is 5.75 Å². The molecule has 0 spiro atoms. The van der Waals surface area contributed by atoms with Gasteiger partial charge in [-0.25, -0.2) is 0 Å². The standard InChI is InChI=1S/C14H20N2O2/c1-2-14(16,11-15)8-5-9-18-13-7-4-3-6-12(13)10-17/h3-4,6-7,17H,2,5,8-10,16H2,1H3. The molecule has 0 amide bonds. The van der Waals surface area contributed by atoms with Crippen LogP contribution in [-0.4, -0.2) is 17.3 Å². The quantitative estimate of drug-likeness (QED) is 0.723. The van der Waals surface area contributed by atoms with Gasteiger partial charge in [0.2, 0.25) is 0 Å². The van der Waals surface area contributed by atoms with E-state index >= 15 is 0 Å². The second-order valence-electron chi connectivity index (χ2n) is 4.34. The number of aliphatic hydroxyl groups is 1. The van der Waals surface area contributed by atoms with E-state index in [1.54, 1.807) is 0 Å². The van der Waals surface area contributed by atoms with Crippen molar-refractivity contribution in [3.8, 4) is 11.8 Å². The minimum absolute atomic E-state index is 0.0375. The van der Waals surface area contributed by atoms with Gasteiger partial charge in [-0.15, -0.1) is 0 Å². The largest absolute Gasteiger partial charge is 0.493 e. The Bertz CT molecular complexity index is 415. The van der Waals surface area contributed by atoms with Crippen LogP contribution in [0.2, 0.25) is 0 Å². The summed E-state index contributed by atoms with van der Waals surface area (Å²) < 4.78 is 5.59. The van der Waals surface area contributed by atoms with Crippen LogP contribution >= 0.6 is 0 Å². The van der Waals surface area contributed by atoms with Crippen LogP contribution in [-0.2, 0) is 6.61 Å². The maximum absolute atomic E-state index is 9.14. The van der Waals surface area contributed by atoms with Gasteiger partial charge in [0.15, 0.2) is 0 Å². The predicted octanol–water partition coefficient (Wildman–Crippen LogP) is 1.97. The predicted molar refractivity (Wildman–Crippen MR) is 69.9 cm³/mol. The first-order valence-corrected chi connectivity index (χ1v) is 6.17.